The summed E-state index contributed by atoms with van der Waals surface area (Å²) < 4.78 is 0. The van der Waals surface area contributed by atoms with E-state index in [4.69, 9.17) is 0 Å². The zero-order valence-corrected chi connectivity index (χ0v) is 13.9. The second-order valence-corrected chi connectivity index (χ2v) is 7.33. The third-order valence-corrected chi connectivity index (χ3v) is 4.55. The van der Waals surface area contributed by atoms with Crippen LogP contribution >= 0.6 is 0 Å². The Kier molecular flexibility index (Phi) is 5.31. The van der Waals surface area contributed by atoms with E-state index in [0.29, 0.717) is 5.41 Å². The van der Waals surface area contributed by atoms with Gasteiger partial charge in [-0.2, -0.15) is 0 Å². The normalized spacial score (nSPS) is 18.3. The summed E-state index contributed by atoms with van der Waals surface area (Å²) in [4.78, 5) is 0. The van der Waals surface area contributed by atoms with Gasteiger partial charge in [-0.05, 0) is 17.8 Å². The fraction of sp³-hybridized carbons (Fsp3) is 0.875. The molecule has 0 aromatic heterocycles. The molecule has 112 valence electrons. The summed E-state index contributed by atoms with van der Waals surface area (Å²) in [5.74, 6) is 0.810. The lowest BCUT2D eigenvalue weighted by molar-refractivity contribution is 0.122. The van der Waals surface area contributed by atoms with Crippen molar-refractivity contribution >= 4 is 0 Å². The van der Waals surface area contributed by atoms with Gasteiger partial charge in [0.1, 0.15) is 0 Å². The molecule has 0 aromatic carbocycles. The van der Waals surface area contributed by atoms with E-state index in [1.54, 1.807) is 0 Å². The van der Waals surface area contributed by atoms with E-state index < -0.39 is 0 Å². The maximum atomic E-state index is 3.30. The van der Waals surface area contributed by atoms with Gasteiger partial charge in [-0.1, -0.05) is 60.8 Å². The molecule has 3 heteroatoms. The zero-order chi connectivity index (χ0) is 14.7. The summed E-state index contributed by atoms with van der Waals surface area (Å²) in [5, 5.41) is 1.98. The van der Waals surface area contributed by atoms with Gasteiger partial charge < -0.3 is 5.43 Å². The van der Waals surface area contributed by atoms with E-state index in [-0.39, 0.29) is 5.41 Å². The third-order valence-electron chi connectivity index (χ3n) is 4.55. The molecule has 0 amide bonds. The Morgan fingerprint density at radius 1 is 1.21 bits per heavy atom. The van der Waals surface area contributed by atoms with Crippen LogP contribution < -0.4 is 11.0 Å². The molecule has 2 N–H and O–H groups in total. The SMILES string of the molecule is CCCC(CC)C(C)(C)CC(C)(C)C1=CN(C)NN1. The van der Waals surface area contributed by atoms with Crippen molar-refractivity contribution in [2.75, 3.05) is 7.05 Å². The number of rotatable bonds is 7. The first-order chi connectivity index (χ1) is 8.73. The molecule has 0 bridgehead atoms. The lowest BCUT2D eigenvalue weighted by Crippen LogP contribution is -2.38. The fourth-order valence-corrected chi connectivity index (χ4v) is 3.63. The fourth-order valence-electron chi connectivity index (χ4n) is 3.63. The topological polar surface area (TPSA) is 27.3 Å². The summed E-state index contributed by atoms with van der Waals surface area (Å²) >= 11 is 0. The maximum Gasteiger partial charge on any atom is 0.0509 e. The first kappa shape index (κ1) is 16.4. The molecule has 1 heterocycles. The Morgan fingerprint density at radius 3 is 2.26 bits per heavy atom. The highest BCUT2D eigenvalue weighted by Gasteiger charge is 2.37. The number of allylic oxidation sites excluding steroid dienone is 1. The summed E-state index contributed by atoms with van der Waals surface area (Å²) in [6.07, 6.45) is 7.27. The molecule has 1 aliphatic heterocycles. The Hall–Kier alpha value is -0.700. The molecule has 1 atom stereocenters. The number of hydrogen-bond acceptors (Lipinski definition) is 3. The minimum atomic E-state index is 0.169. The van der Waals surface area contributed by atoms with Crippen LogP contribution in [0, 0.1) is 16.7 Å². The molecular weight excluding hydrogens is 234 g/mol. The predicted octanol–water partition coefficient (Wildman–Crippen LogP) is 4.05. The molecule has 0 spiro atoms. The first-order valence-corrected chi connectivity index (χ1v) is 7.69. The Balaban J connectivity index is 2.77. The average molecular weight is 267 g/mol. The van der Waals surface area contributed by atoms with E-state index in [9.17, 15) is 0 Å². The second-order valence-electron chi connectivity index (χ2n) is 7.33. The standard InChI is InChI=1S/C16H33N3/c1-8-10-13(9-2)15(3,4)12-16(5,6)14-11-19(7)18-17-14/h11,13,17-18H,8-10,12H2,1-7H3. The average Bonchev–Trinajstić information content (AvgIpc) is 2.71. The van der Waals surface area contributed by atoms with E-state index in [2.05, 4.69) is 58.7 Å². The van der Waals surface area contributed by atoms with Crippen LogP contribution in [0.3, 0.4) is 0 Å². The third kappa shape index (κ3) is 4.13. The molecule has 0 saturated heterocycles. The zero-order valence-electron chi connectivity index (χ0n) is 13.9. The van der Waals surface area contributed by atoms with Crippen molar-refractivity contribution in [1.82, 2.24) is 16.0 Å². The van der Waals surface area contributed by atoms with Gasteiger partial charge in [-0.3, -0.25) is 5.01 Å². The summed E-state index contributed by atoms with van der Waals surface area (Å²) in [5.41, 5.74) is 8.24. The van der Waals surface area contributed by atoms with Crippen LogP contribution in [-0.2, 0) is 0 Å². The monoisotopic (exact) mass is 267 g/mol. The summed E-state index contributed by atoms with van der Waals surface area (Å²) in [6.45, 7) is 14.2. The van der Waals surface area contributed by atoms with Crippen LogP contribution in [0.5, 0.6) is 0 Å². The minimum absolute atomic E-state index is 0.169. The van der Waals surface area contributed by atoms with Gasteiger partial charge >= 0.3 is 0 Å². The summed E-state index contributed by atoms with van der Waals surface area (Å²) in [7, 11) is 2.02. The highest BCUT2D eigenvalue weighted by Crippen LogP contribution is 2.45. The van der Waals surface area contributed by atoms with E-state index in [1.807, 2.05) is 12.1 Å². The van der Waals surface area contributed by atoms with Gasteiger partial charge in [0, 0.05) is 18.7 Å². The molecular formula is C16H33N3. The highest BCUT2D eigenvalue weighted by molar-refractivity contribution is 5.12. The van der Waals surface area contributed by atoms with Crippen molar-refractivity contribution in [3.05, 3.63) is 11.9 Å². The minimum Gasteiger partial charge on any atom is -0.306 e. The van der Waals surface area contributed by atoms with E-state index >= 15 is 0 Å². The molecule has 0 fully saturated rings. The first-order valence-electron chi connectivity index (χ1n) is 7.69. The van der Waals surface area contributed by atoms with Crippen LogP contribution in [-0.4, -0.2) is 12.1 Å². The van der Waals surface area contributed by atoms with Crippen molar-refractivity contribution < 1.29 is 0 Å². The molecule has 1 rings (SSSR count). The van der Waals surface area contributed by atoms with Gasteiger partial charge in [-0.25, -0.2) is 0 Å². The smallest absolute Gasteiger partial charge is 0.0509 e. The largest absolute Gasteiger partial charge is 0.306 e. The molecule has 0 saturated carbocycles. The molecule has 1 aliphatic rings. The highest BCUT2D eigenvalue weighted by atomic mass is 15.7. The number of nitrogens with one attached hydrogen (secondary N) is 2. The molecule has 19 heavy (non-hydrogen) atoms. The molecule has 0 aromatic rings. The van der Waals surface area contributed by atoms with Crippen LogP contribution in [0.25, 0.3) is 0 Å². The van der Waals surface area contributed by atoms with E-state index in [1.165, 1.54) is 31.4 Å². The number of hydrazine groups is 2. The lowest BCUT2D eigenvalue weighted by atomic mass is 9.65. The van der Waals surface area contributed by atoms with Crippen molar-refractivity contribution in [2.45, 2.75) is 67.2 Å². The quantitative estimate of drug-likeness (QED) is 0.728. The predicted molar refractivity (Wildman–Crippen MR) is 83.0 cm³/mol. The van der Waals surface area contributed by atoms with Crippen molar-refractivity contribution in [3.8, 4) is 0 Å². The molecule has 1 unspecified atom stereocenters. The van der Waals surface area contributed by atoms with Gasteiger partial charge in [0.05, 0.1) is 5.70 Å². The van der Waals surface area contributed by atoms with Gasteiger partial charge in [0.2, 0.25) is 0 Å². The van der Waals surface area contributed by atoms with Gasteiger partial charge in [0.25, 0.3) is 0 Å². The van der Waals surface area contributed by atoms with Crippen molar-refractivity contribution in [2.24, 2.45) is 16.7 Å². The van der Waals surface area contributed by atoms with Crippen LogP contribution in [0.4, 0.5) is 0 Å². The molecule has 0 radical (unpaired) electrons. The van der Waals surface area contributed by atoms with Crippen LogP contribution in [0.2, 0.25) is 0 Å². The lowest BCUT2D eigenvalue weighted by Gasteiger charge is -2.40. The van der Waals surface area contributed by atoms with Gasteiger partial charge in [-0.15, -0.1) is 5.53 Å². The Labute approximate surface area is 119 Å². The molecule has 0 aliphatic carbocycles. The van der Waals surface area contributed by atoms with Crippen molar-refractivity contribution in [3.63, 3.8) is 0 Å². The molecule has 3 nitrogen and oxygen atoms in total. The number of hydrogen-bond donors (Lipinski definition) is 2. The van der Waals surface area contributed by atoms with Gasteiger partial charge in [0.15, 0.2) is 0 Å². The summed E-state index contributed by atoms with van der Waals surface area (Å²) in [6, 6.07) is 0. The Morgan fingerprint density at radius 2 is 1.84 bits per heavy atom. The number of nitrogens with zero attached hydrogens (tertiary/aromatic N) is 1. The van der Waals surface area contributed by atoms with E-state index in [0.717, 1.165) is 5.92 Å². The van der Waals surface area contributed by atoms with Crippen molar-refractivity contribution in [1.29, 1.82) is 0 Å². The van der Waals surface area contributed by atoms with Crippen LogP contribution in [0.1, 0.15) is 67.2 Å². The maximum absolute atomic E-state index is 3.30. The van der Waals surface area contributed by atoms with Crippen LogP contribution in [0.15, 0.2) is 11.9 Å². The Bertz CT molecular complexity index is 318. The second kappa shape index (κ2) is 6.17.